The topological polar surface area (TPSA) is 71.1 Å². The second-order valence-corrected chi connectivity index (χ2v) is 7.25. The number of pyridine rings is 1. The van der Waals surface area contributed by atoms with Gasteiger partial charge in [0.2, 0.25) is 0 Å². The molecule has 2 aromatic carbocycles. The minimum Gasteiger partial charge on any atom is -0.496 e. The van der Waals surface area contributed by atoms with Crippen molar-refractivity contribution in [3.05, 3.63) is 88.3 Å². The number of hydrogen-bond acceptors (Lipinski definition) is 4. The van der Waals surface area contributed by atoms with Crippen molar-refractivity contribution in [2.75, 3.05) is 7.11 Å². The molecule has 1 amide bonds. The highest BCUT2D eigenvalue weighted by Gasteiger charge is 2.37. The van der Waals surface area contributed by atoms with Crippen LogP contribution in [0.1, 0.15) is 33.4 Å². The number of amides is 1. The molecule has 0 saturated heterocycles. The first-order chi connectivity index (χ1) is 14.2. The highest BCUT2D eigenvalue weighted by molar-refractivity contribution is 6.29. The van der Waals surface area contributed by atoms with Gasteiger partial charge in [0.15, 0.2) is 5.65 Å². The van der Waals surface area contributed by atoms with Gasteiger partial charge in [-0.15, -0.1) is 0 Å². The Morgan fingerprint density at radius 1 is 1.07 bits per heavy atom. The van der Waals surface area contributed by atoms with Crippen LogP contribution in [0.15, 0.2) is 60.7 Å². The van der Waals surface area contributed by atoms with Gasteiger partial charge < -0.3 is 14.6 Å². The first-order valence-electron chi connectivity index (χ1n) is 9.19. The third-order valence-corrected chi connectivity index (χ3v) is 5.39. The van der Waals surface area contributed by atoms with Crippen LogP contribution < -0.4 is 4.74 Å². The monoisotopic (exact) mass is 404 g/mol. The summed E-state index contributed by atoms with van der Waals surface area (Å²) in [5, 5.41) is 0.381. The molecule has 0 radical (unpaired) electrons. The fourth-order valence-electron chi connectivity index (χ4n) is 3.86. The third-order valence-electron chi connectivity index (χ3n) is 5.18. The van der Waals surface area contributed by atoms with E-state index in [2.05, 4.69) is 9.97 Å². The number of para-hydroxylation sites is 1. The van der Waals surface area contributed by atoms with Gasteiger partial charge in [-0.1, -0.05) is 48.0 Å². The van der Waals surface area contributed by atoms with Crippen LogP contribution in [0.5, 0.6) is 5.75 Å². The summed E-state index contributed by atoms with van der Waals surface area (Å²) in [6.45, 7) is 0.489. The quantitative estimate of drug-likeness (QED) is 0.513. The van der Waals surface area contributed by atoms with E-state index in [9.17, 15) is 4.79 Å². The maximum atomic E-state index is 13.3. The molecule has 1 atom stereocenters. The van der Waals surface area contributed by atoms with Crippen molar-refractivity contribution in [2.45, 2.75) is 12.6 Å². The number of carbonyl (C=O) groups is 1. The summed E-state index contributed by atoms with van der Waals surface area (Å²) in [5.41, 5.74) is 3.82. The first-order valence-corrected chi connectivity index (χ1v) is 9.57. The van der Waals surface area contributed by atoms with Gasteiger partial charge in [-0.05, 0) is 29.8 Å². The van der Waals surface area contributed by atoms with E-state index in [4.69, 9.17) is 21.3 Å². The zero-order valence-corrected chi connectivity index (χ0v) is 16.3. The molecule has 6 nitrogen and oxygen atoms in total. The van der Waals surface area contributed by atoms with Gasteiger partial charge in [-0.25, -0.2) is 9.97 Å². The van der Waals surface area contributed by atoms with E-state index in [1.165, 1.54) is 0 Å². The molecule has 29 heavy (non-hydrogen) atoms. The Bertz CT molecular complexity index is 1240. The summed E-state index contributed by atoms with van der Waals surface area (Å²) in [6.07, 6.45) is 0. The smallest absolute Gasteiger partial charge is 0.255 e. The lowest BCUT2D eigenvalue weighted by atomic mass is 10.0. The van der Waals surface area contributed by atoms with Crippen molar-refractivity contribution in [3.8, 4) is 5.75 Å². The average Bonchev–Trinajstić information content (AvgIpc) is 3.30. The maximum Gasteiger partial charge on any atom is 0.255 e. The number of rotatable bonds is 4. The zero-order valence-electron chi connectivity index (χ0n) is 15.6. The molecule has 5 rings (SSSR count). The molecule has 0 bridgehead atoms. The number of hydrogen-bond donors (Lipinski definition) is 1. The molecule has 1 aliphatic heterocycles. The number of imidazole rings is 1. The third kappa shape index (κ3) is 2.93. The van der Waals surface area contributed by atoms with E-state index < -0.39 is 6.04 Å². The van der Waals surface area contributed by atoms with Crippen LogP contribution in [0.2, 0.25) is 5.15 Å². The molecule has 1 aliphatic rings. The number of ether oxygens (including phenoxy) is 1. The molecule has 7 heteroatoms. The van der Waals surface area contributed by atoms with Crippen LogP contribution in [0.3, 0.4) is 0 Å². The predicted octanol–water partition coefficient (Wildman–Crippen LogP) is 4.37. The number of halogens is 1. The summed E-state index contributed by atoms with van der Waals surface area (Å²) in [6, 6.07) is 18.4. The highest BCUT2D eigenvalue weighted by Crippen LogP contribution is 2.38. The number of nitrogens with one attached hydrogen (secondary N) is 1. The Kier molecular flexibility index (Phi) is 4.21. The molecule has 1 unspecified atom stereocenters. The highest BCUT2D eigenvalue weighted by atomic mass is 35.5. The van der Waals surface area contributed by atoms with Crippen LogP contribution in [-0.2, 0) is 6.54 Å². The van der Waals surface area contributed by atoms with E-state index in [0.717, 1.165) is 11.1 Å². The van der Waals surface area contributed by atoms with E-state index >= 15 is 0 Å². The van der Waals surface area contributed by atoms with Crippen molar-refractivity contribution >= 4 is 28.7 Å². The van der Waals surface area contributed by atoms with Crippen LogP contribution in [-0.4, -0.2) is 32.9 Å². The molecule has 1 N–H and O–H groups in total. The van der Waals surface area contributed by atoms with Gasteiger partial charge >= 0.3 is 0 Å². The van der Waals surface area contributed by atoms with E-state index in [1.807, 2.05) is 59.5 Å². The standard InChI is InChI=1S/C22H17ClN4O2/c1-29-17-9-5-4-8-15(17)19(21-24-16-10-11-18(23)25-20(16)26-21)27-12-13-6-2-3-7-14(13)22(27)28/h2-11,19H,12H2,1H3,(H,24,25,26). The Balaban J connectivity index is 1.69. The van der Waals surface area contributed by atoms with Crippen molar-refractivity contribution in [1.29, 1.82) is 0 Å². The number of aromatic nitrogens is 3. The second kappa shape index (κ2) is 6.90. The molecular weight excluding hydrogens is 388 g/mol. The number of H-pyrrole nitrogens is 1. The Hall–Kier alpha value is -3.38. The number of methoxy groups -OCH3 is 1. The number of benzene rings is 2. The Morgan fingerprint density at radius 3 is 2.69 bits per heavy atom. The fraction of sp³-hybridized carbons (Fsp3) is 0.136. The van der Waals surface area contributed by atoms with Crippen LogP contribution in [0.4, 0.5) is 0 Å². The van der Waals surface area contributed by atoms with Gasteiger partial charge in [0.1, 0.15) is 28.3 Å². The molecule has 2 aromatic heterocycles. The van der Waals surface area contributed by atoms with Crippen LogP contribution in [0, 0.1) is 0 Å². The molecule has 0 saturated carbocycles. The maximum absolute atomic E-state index is 13.3. The lowest BCUT2D eigenvalue weighted by Crippen LogP contribution is -2.31. The summed E-state index contributed by atoms with van der Waals surface area (Å²) in [7, 11) is 1.62. The molecule has 0 aliphatic carbocycles. The fourth-order valence-corrected chi connectivity index (χ4v) is 4.01. The van der Waals surface area contributed by atoms with Crippen molar-refractivity contribution in [3.63, 3.8) is 0 Å². The molecule has 144 valence electrons. The van der Waals surface area contributed by atoms with Gasteiger partial charge in [0.05, 0.1) is 7.11 Å². The van der Waals surface area contributed by atoms with Gasteiger partial charge in [0, 0.05) is 17.7 Å². The van der Waals surface area contributed by atoms with E-state index in [-0.39, 0.29) is 5.91 Å². The summed E-state index contributed by atoms with van der Waals surface area (Å²) in [5.74, 6) is 1.26. The lowest BCUT2D eigenvalue weighted by Gasteiger charge is -2.27. The SMILES string of the molecule is COc1ccccc1C(c1nc2ccc(Cl)nc2[nH]1)N1Cc2ccccc2C1=O. The van der Waals surface area contributed by atoms with E-state index in [0.29, 0.717) is 40.0 Å². The second-order valence-electron chi connectivity index (χ2n) is 6.86. The van der Waals surface area contributed by atoms with Gasteiger partial charge in [-0.2, -0.15) is 0 Å². The molecule has 0 fully saturated rings. The van der Waals surface area contributed by atoms with Crippen LogP contribution in [0.25, 0.3) is 11.2 Å². The molecule has 3 heterocycles. The lowest BCUT2D eigenvalue weighted by molar-refractivity contribution is 0.0723. The van der Waals surface area contributed by atoms with Crippen LogP contribution >= 0.6 is 11.6 Å². The normalized spacial score (nSPS) is 14.3. The molecule has 0 spiro atoms. The summed E-state index contributed by atoms with van der Waals surface area (Å²) >= 11 is 6.04. The predicted molar refractivity (Wildman–Crippen MR) is 110 cm³/mol. The average molecular weight is 405 g/mol. The molecular formula is C22H17ClN4O2. The van der Waals surface area contributed by atoms with Gasteiger partial charge in [-0.3, -0.25) is 4.79 Å². The van der Waals surface area contributed by atoms with Crippen molar-refractivity contribution in [1.82, 2.24) is 19.9 Å². The summed E-state index contributed by atoms with van der Waals surface area (Å²) in [4.78, 5) is 27.4. The Labute approximate surface area is 172 Å². The summed E-state index contributed by atoms with van der Waals surface area (Å²) < 4.78 is 5.60. The number of carbonyl (C=O) groups excluding carboxylic acids is 1. The number of nitrogens with zero attached hydrogens (tertiary/aromatic N) is 3. The first kappa shape index (κ1) is 17.7. The minimum absolute atomic E-state index is 0.0389. The minimum atomic E-state index is -0.459. The largest absolute Gasteiger partial charge is 0.496 e. The number of fused-ring (bicyclic) bond motifs is 2. The van der Waals surface area contributed by atoms with Crippen molar-refractivity contribution < 1.29 is 9.53 Å². The Morgan fingerprint density at radius 2 is 1.86 bits per heavy atom. The number of aromatic amines is 1. The molecule has 4 aromatic rings. The van der Waals surface area contributed by atoms with Gasteiger partial charge in [0.25, 0.3) is 5.91 Å². The van der Waals surface area contributed by atoms with E-state index in [1.54, 1.807) is 13.2 Å². The van der Waals surface area contributed by atoms with Crippen molar-refractivity contribution in [2.24, 2.45) is 0 Å². The zero-order chi connectivity index (χ0) is 20.0.